The number of carbonyl (C=O) groups excluding carboxylic acids is 1. The van der Waals surface area contributed by atoms with Gasteiger partial charge in [-0.2, -0.15) is 5.10 Å². The molecule has 0 atom stereocenters. The van der Waals surface area contributed by atoms with Crippen LogP contribution in [0.2, 0.25) is 0 Å². The number of hydrogen-bond acceptors (Lipinski definition) is 6. The minimum atomic E-state index is -0.262. The van der Waals surface area contributed by atoms with Crippen LogP contribution in [0.1, 0.15) is 10.5 Å². The highest BCUT2D eigenvalue weighted by atomic mass is 32.1. The average Bonchev–Trinajstić information content (AvgIpc) is 3.20. The Balaban J connectivity index is 1.51. The molecule has 1 radical (unpaired) electrons. The van der Waals surface area contributed by atoms with Crippen LogP contribution in [0.4, 0.5) is 5.13 Å². The molecule has 3 rings (SSSR count). The molecule has 2 aromatic heterocycles. The van der Waals surface area contributed by atoms with Gasteiger partial charge in [-0.15, -0.1) is 11.3 Å². The molecule has 1 amide bonds. The van der Waals surface area contributed by atoms with Gasteiger partial charge in [0.25, 0.3) is 5.91 Å². The first-order valence-corrected chi connectivity index (χ1v) is 8.12. The van der Waals surface area contributed by atoms with Gasteiger partial charge in [0.15, 0.2) is 5.13 Å². The quantitative estimate of drug-likeness (QED) is 0.665. The number of thiazole rings is 1. The van der Waals surface area contributed by atoms with E-state index in [1.54, 1.807) is 22.3 Å². The summed E-state index contributed by atoms with van der Waals surface area (Å²) in [6, 6.07) is 8.58. The number of aromatic nitrogens is 3. The molecule has 3 aromatic rings. The lowest BCUT2D eigenvalue weighted by Crippen LogP contribution is -2.28. The minimum Gasteiger partial charge on any atom is -0.492 e. The zero-order valence-electron chi connectivity index (χ0n) is 13.0. The second-order valence-corrected chi connectivity index (χ2v) is 5.93. The fraction of sp³-hybridized carbons (Fsp3) is 0.188. The van der Waals surface area contributed by atoms with E-state index in [0.29, 0.717) is 29.7 Å². The van der Waals surface area contributed by atoms with Crippen LogP contribution in [0.3, 0.4) is 0 Å². The zero-order chi connectivity index (χ0) is 16.9. The highest BCUT2D eigenvalue weighted by Crippen LogP contribution is 2.22. The Bertz CT molecular complexity index is 842. The fourth-order valence-corrected chi connectivity index (χ4v) is 2.63. The summed E-state index contributed by atoms with van der Waals surface area (Å²) >= 11 is 1.23. The van der Waals surface area contributed by atoms with Crippen LogP contribution in [-0.4, -0.2) is 33.8 Å². The van der Waals surface area contributed by atoms with Gasteiger partial charge in [0.2, 0.25) is 0 Å². The van der Waals surface area contributed by atoms with Crippen molar-refractivity contribution in [3.63, 3.8) is 0 Å². The first kappa shape index (κ1) is 16.0. The Labute approximate surface area is 143 Å². The first-order chi connectivity index (χ1) is 11.6. The van der Waals surface area contributed by atoms with Gasteiger partial charge in [0, 0.05) is 24.2 Å². The minimum absolute atomic E-state index is 0.262. The van der Waals surface area contributed by atoms with Crippen LogP contribution in [0, 0.1) is 6.07 Å². The van der Waals surface area contributed by atoms with E-state index in [9.17, 15) is 4.79 Å². The maximum absolute atomic E-state index is 11.8. The Kier molecular flexibility index (Phi) is 4.76. The average molecular weight is 342 g/mol. The second-order valence-electron chi connectivity index (χ2n) is 5.04. The van der Waals surface area contributed by atoms with E-state index in [1.807, 2.05) is 25.4 Å². The topological polar surface area (TPSA) is 95.1 Å². The van der Waals surface area contributed by atoms with Crippen molar-refractivity contribution < 1.29 is 9.53 Å². The van der Waals surface area contributed by atoms with Crippen LogP contribution >= 0.6 is 11.3 Å². The lowest BCUT2D eigenvalue weighted by atomic mass is 10.1. The molecule has 8 heteroatoms. The summed E-state index contributed by atoms with van der Waals surface area (Å²) < 4.78 is 7.39. The maximum atomic E-state index is 11.8. The summed E-state index contributed by atoms with van der Waals surface area (Å²) in [6.45, 7) is 0.711. The molecule has 0 aliphatic heterocycles. The summed E-state index contributed by atoms with van der Waals surface area (Å²) in [7, 11) is 1.87. The standard InChI is InChI=1S/C16H16N5O2S/c1-21-9-12(8-19-21)11-3-2-4-13(7-11)23-6-5-18-15(22)14-10-24-16(17)20-14/h3-4,7-10H,5-6H2,1H3,(H2,17,20)(H,18,22). The van der Waals surface area contributed by atoms with Crippen LogP contribution in [0.5, 0.6) is 5.75 Å². The Morgan fingerprint density at radius 1 is 1.46 bits per heavy atom. The number of amides is 1. The number of ether oxygens (including phenoxy) is 1. The highest BCUT2D eigenvalue weighted by Gasteiger charge is 2.08. The number of carbonyl (C=O) groups is 1. The molecular formula is C16H16N5O2S. The van der Waals surface area contributed by atoms with E-state index in [2.05, 4.69) is 21.5 Å². The molecule has 0 aliphatic carbocycles. The number of hydrogen-bond donors (Lipinski definition) is 2. The zero-order valence-corrected chi connectivity index (χ0v) is 13.8. The molecule has 2 heterocycles. The molecule has 7 nitrogen and oxygen atoms in total. The number of nitrogens with two attached hydrogens (primary N) is 1. The van der Waals surface area contributed by atoms with Gasteiger partial charge in [0.1, 0.15) is 18.1 Å². The van der Waals surface area contributed by atoms with Crippen LogP contribution in [0.15, 0.2) is 36.0 Å². The molecule has 3 N–H and O–H groups in total. The van der Waals surface area contributed by atoms with Crippen molar-refractivity contribution in [3.8, 4) is 16.9 Å². The van der Waals surface area contributed by atoms with Crippen molar-refractivity contribution in [3.05, 3.63) is 47.7 Å². The lowest BCUT2D eigenvalue weighted by Gasteiger charge is -2.08. The van der Waals surface area contributed by atoms with Gasteiger partial charge < -0.3 is 15.8 Å². The second kappa shape index (κ2) is 7.14. The predicted octanol–water partition coefficient (Wildman–Crippen LogP) is 1.73. The third-order valence-electron chi connectivity index (χ3n) is 3.21. The highest BCUT2D eigenvalue weighted by molar-refractivity contribution is 7.13. The number of nitrogen functional groups attached to an aromatic ring is 1. The summed E-state index contributed by atoms with van der Waals surface area (Å²) in [5, 5.41) is 8.88. The molecule has 0 aliphatic rings. The lowest BCUT2D eigenvalue weighted by molar-refractivity contribution is 0.0943. The van der Waals surface area contributed by atoms with Gasteiger partial charge in [-0.3, -0.25) is 9.48 Å². The van der Waals surface area contributed by atoms with Crippen LogP contribution in [0.25, 0.3) is 11.1 Å². The van der Waals surface area contributed by atoms with Crippen molar-refractivity contribution in [1.29, 1.82) is 0 Å². The summed E-state index contributed by atoms with van der Waals surface area (Å²) in [4.78, 5) is 15.7. The molecule has 0 saturated heterocycles. The van der Waals surface area contributed by atoms with Gasteiger partial charge in [-0.05, 0) is 29.8 Å². The van der Waals surface area contributed by atoms with Gasteiger partial charge in [-0.25, -0.2) is 4.98 Å². The van der Waals surface area contributed by atoms with Crippen LogP contribution < -0.4 is 15.8 Å². The number of nitrogens with one attached hydrogen (secondary N) is 1. The molecule has 24 heavy (non-hydrogen) atoms. The largest absolute Gasteiger partial charge is 0.492 e. The SMILES string of the molecule is Cn1cc(-c2c[c]cc(OCCNC(=O)c3csc(N)n3)c2)cn1. The number of rotatable bonds is 6. The number of aryl methyl sites for hydroxylation is 1. The molecule has 0 bridgehead atoms. The van der Waals surface area contributed by atoms with Crippen LogP contribution in [-0.2, 0) is 7.05 Å². The molecule has 0 unspecified atom stereocenters. The molecule has 123 valence electrons. The van der Waals surface area contributed by atoms with E-state index in [-0.39, 0.29) is 5.91 Å². The normalized spacial score (nSPS) is 10.5. The van der Waals surface area contributed by atoms with Gasteiger partial charge in [0.05, 0.1) is 12.7 Å². The molecule has 1 aromatic carbocycles. The summed E-state index contributed by atoms with van der Waals surface area (Å²) in [5.74, 6) is 0.422. The maximum Gasteiger partial charge on any atom is 0.270 e. The monoisotopic (exact) mass is 342 g/mol. The first-order valence-electron chi connectivity index (χ1n) is 7.24. The fourth-order valence-electron chi connectivity index (χ4n) is 2.09. The van der Waals surface area contributed by atoms with Crippen molar-refractivity contribution in [1.82, 2.24) is 20.1 Å². The van der Waals surface area contributed by atoms with Crippen molar-refractivity contribution >= 4 is 22.4 Å². The molecule has 0 saturated carbocycles. The van der Waals surface area contributed by atoms with E-state index in [0.717, 1.165) is 11.1 Å². The van der Waals surface area contributed by atoms with Crippen molar-refractivity contribution in [2.75, 3.05) is 18.9 Å². The Morgan fingerprint density at radius 3 is 3.04 bits per heavy atom. The van der Waals surface area contributed by atoms with E-state index in [4.69, 9.17) is 10.5 Å². The molecule has 0 spiro atoms. The smallest absolute Gasteiger partial charge is 0.270 e. The van der Waals surface area contributed by atoms with Crippen molar-refractivity contribution in [2.24, 2.45) is 7.05 Å². The number of nitrogens with zero attached hydrogens (tertiary/aromatic N) is 3. The van der Waals surface area contributed by atoms with E-state index in [1.165, 1.54) is 11.3 Å². The number of benzene rings is 1. The van der Waals surface area contributed by atoms with Crippen molar-refractivity contribution in [2.45, 2.75) is 0 Å². The van der Waals surface area contributed by atoms with Gasteiger partial charge in [-0.1, -0.05) is 0 Å². The third kappa shape index (κ3) is 3.90. The molecular weight excluding hydrogens is 326 g/mol. The summed E-state index contributed by atoms with van der Waals surface area (Å²) in [5.41, 5.74) is 7.80. The van der Waals surface area contributed by atoms with E-state index < -0.39 is 0 Å². The Morgan fingerprint density at radius 2 is 2.33 bits per heavy atom. The predicted molar refractivity (Wildman–Crippen MR) is 91.8 cm³/mol. The Hall–Kier alpha value is -2.87. The van der Waals surface area contributed by atoms with Gasteiger partial charge >= 0.3 is 0 Å². The summed E-state index contributed by atoms with van der Waals surface area (Å²) in [6.07, 6.45) is 3.71. The third-order valence-corrected chi connectivity index (χ3v) is 3.89. The number of anilines is 1. The van der Waals surface area contributed by atoms with E-state index >= 15 is 0 Å². The molecule has 0 fully saturated rings.